The van der Waals surface area contributed by atoms with Crippen LogP contribution in [0.3, 0.4) is 0 Å². The van der Waals surface area contributed by atoms with E-state index in [9.17, 15) is 4.79 Å². The van der Waals surface area contributed by atoms with Gasteiger partial charge in [-0.1, -0.05) is 6.58 Å². The predicted molar refractivity (Wildman–Crippen MR) is 39.8 cm³/mol. The Labute approximate surface area is 63.8 Å². The summed E-state index contributed by atoms with van der Waals surface area (Å²) in [6, 6.07) is 0. The highest BCUT2D eigenvalue weighted by molar-refractivity contribution is 5.77. The highest BCUT2D eigenvalue weighted by atomic mass is 16.4. The van der Waals surface area contributed by atoms with E-state index >= 15 is 0 Å². The molecule has 0 spiro atoms. The van der Waals surface area contributed by atoms with Gasteiger partial charge in [0.25, 0.3) is 0 Å². The topological polar surface area (TPSA) is 55.1 Å². The summed E-state index contributed by atoms with van der Waals surface area (Å²) in [4.78, 5) is 14.0. The molecule has 0 fully saturated rings. The summed E-state index contributed by atoms with van der Waals surface area (Å²) in [5.74, 6) is -0.885. The highest BCUT2D eigenvalue weighted by Crippen LogP contribution is 2.04. The van der Waals surface area contributed by atoms with Crippen molar-refractivity contribution >= 4 is 11.7 Å². The first kappa shape index (κ1) is 7.53. The van der Waals surface area contributed by atoms with E-state index in [0.29, 0.717) is 5.70 Å². The number of aliphatic carboxylic acids is 1. The number of rotatable bonds is 3. The van der Waals surface area contributed by atoms with Crippen molar-refractivity contribution < 1.29 is 9.90 Å². The van der Waals surface area contributed by atoms with Gasteiger partial charge in [0, 0.05) is 18.1 Å². The van der Waals surface area contributed by atoms with Crippen LogP contribution in [0.2, 0.25) is 0 Å². The van der Waals surface area contributed by atoms with Crippen molar-refractivity contribution in [1.82, 2.24) is 9.55 Å². The molecule has 0 saturated heterocycles. The Morgan fingerprint density at radius 3 is 2.91 bits per heavy atom. The van der Waals surface area contributed by atoms with Gasteiger partial charge in [-0.2, -0.15) is 0 Å². The van der Waals surface area contributed by atoms with Gasteiger partial charge in [-0.3, -0.25) is 4.79 Å². The fourth-order valence-corrected chi connectivity index (χ4v) is 0.712. The SMILES string of the molecule is C=C(CC(=O)O)n1ccnc1. The summed E-state index contributed by atoms with van der Waals surface area (Å²) >= 11 is 0. The molecule has 0 saturated carbocycles. The molecule has 4 heteroatoms. The third kappa shape index (κ3) is 1.93. The maximum absolute atomic E-state index is 10.2. The van der Waals surface area contributed by atoms with Crippen LogP contribution in [0.25, 0.3) is 5.70 Å². The Kier molecular flexibility index (Phi) is 2.06. The molecular formula is C7H8N2O2. The van der Waals surface area contributed by atoms with Crippen LogP contribution >= 0.6 is 0 Å². The Bertz CT molecular complexity index is 264. The van der Waals surface area contributed by atoms with Gasteiger partial charge in [-0.25, -0.2) is 4.98 Å². The zero-order valence-corrected chi connectivity index (χ0v) is 5.90. The normalized spacial score (nSPS) is 9.45. The molecule has 0 aliphatic rings. The van der Waals surface area contributed by atoms with E-state index in [0.717, 1.165) is 0 Å². The maximum Gasteiger partial charge on any atom is 0.309 e. The molecule has 0 aliphatic heterocycles. The third-order valence-corrected chi connectivity index (χ3v) is 1.22. The molecule has 0 aromatic carbocycles. The van der Waals surface area contributed by atoms with Crippen LogP contribution in [0.1, 0.15) is 6.42 Å². The summed E-state index contributed by atoms with van der Waals surface area (Å²) in [7, 11) is 0. The van der Waals surface area contributed by atoms with Crippen molar-refractivity contribution in [2.45, 2.75) is 6.42 Å². The van der Waals surface area contributed by atoms with Gasteiger partial charge in [-0.05, 0) is 0 Å². The molecule has 1 N–H and O–H groups in total. The lowest BCUT2D eigenvalue weighted by molar-refractivity contribution is -0.135. The Hall–Kier alpha value is -1.58. The van der Waals surface area contributed by atoms with Gasteiger partial charge >= 0.3 is 5.97 Å². The zero-order valence-electron chi connectivity index (χ0n) is 5.90. The lowest BCUT2D eigenvalue weighted by Gasteiger charge is -2.00. The molecule has 11 heavy (non-hydrogen) atoms. The smallest absolute Gasteiger partial charge is 0.309 e. The molecule has 1 aromatic rings. The number of hydrogen-bond donors (Lipinski definition) is 1. The number of nitrogens with zero attached hydrogens (tertiary/aromatic N) is 2. The highest BCUT2D eigenvalue weighted by Gasteiger charge is 2.01. The van der Waals surface area contributed by atoms with Crippen molar-refractivity contribution in [3.63, 3.8) is 0 Å². The first-order valence-corrected chi connectivity index (χ1v) is 3.08. The summed E-state index contributed by atoms with van der Waals surface area (Å²) < 4.78 is 1.58. The molecule has 0 bridgehead atoms. The molecule has 0 radical (unpaired) electrons. The van der Waals surface area contributed by atoms with E-state index in [1.807, 2.05) is 0 Å². The first-order chi connectivity index (χ1) is 5.20. The van der Waals surface area contributed by atoms with Crippen molar-refractivity contribution in [2.75, 3.05) is 0 Å². The van der Waals surface area contributed by atoms with E-state index in [1.54, 1.807) is 17.0 Å². The second-order valence-electron chi connectivity index (χ2n) is 2.11. The standard InChI is InChI=1S/C7H8N2O2/c1-6(4-7(10)11)9-3-2-8-5-9/h2-3,5H,1,4H2,(H,10,11). The fraction of sp³-hybridized carbons (Fsp3) is 0.143. The van der Waals surface area contributed by atoms with Crippen molar-refractivity contribution in [1.29, 1.82) is 0 Å². The van der Waals surface area contributed by atoms with Crippen molar-refractivity contribution in [3.05, 3.63) is 25.3 Å². The Balaban J connectivity index is 2.64. The molecule has 0 atom stereocenters. The van der Waals surface area contributed by atoms with E-state index in [1.165, 1.54) is 6.33 Å². The largest absolute Gasteiger partial charge is 0.481 e. The number of carboxylic acids is 1. The quantitative estimate of drug-likeness (QED) is 0.697. The van der Waals surface area contributed by atoms with Crippen LogP contribution in [-0.4, -0.2) is 20.6 Å². The molecule has 4 nitrogen and oxygen atoms in total. The molecule has 0 amide bonds. The lowest BCUT2D eigenvalue weighted by atomic mass is 10.3. The van der Waals surface area contributed by atoms with Gasteiger partial charge in [0.2, 0.25) is 0 Å². The van der Waals surface area contributed by atoms with E-state index in [2.05, 4.69) is 11.6 Å². The summed E-state index contributed by atoms with van der Waals surface area (Å²) in [5, 5.41) is 8.39. The number of aromatic nitrogens is 2. The van der Waals surface area contributed by atoms with Crippen LogP contribution in [0.15, 0.2) is 25.3 Å². The Morgan fingerprint density at radius 1 is 1.73 bits per heavy atom. The number of hydrogen-bond acceptors (Lipinski definition) is 2. The zero-order chi connectivity index (χ0) is 8.27. The van der Waals surface area contributed by atoms with E-state index in [4.69, 9.17) is 5.11 Å². The molecular weight excluding hydrogens is 144 g/mol. The second-order valence-corrected chi connectivity index (χ2v) is 2.11. The Morgan fingerprint density at radius 2 is 2.45 bits per heavy atom. The summed E-state index contributed by atoms with van der Waals surface area (Å²) in [6.45, 7) is 3.58. The van der Waals surface area contributed by atoms with Gasteiger partial charge in [0.1, 0.15) is 0 Å². The third-order valence-electron chi connectivity index (χ3n) is 1.22. The maximum atomic E-state index is 10.2. The molecule has 1 rings (SSSR count). The number of carbonyl (C=O) groups is 1. The summed E-state index contributed by atoms with van der Waals surface area (Å²) in [5.41, 5.74) is 0.509. The van der Waals surface area contributed by atoms with Crippen LogP contribution < -0.4 is 0 Å². The van der Waals surface area contributed by atoms with Crippen LogP contribution in [0.4, 0.5) is 0 Å². The van der Waals surface area contributed by atoms with Crippen LogP contribution in [0, 0.1) is 0 Å². The van der Waals surface area contributed by atoms with Gasteiger partial charge in [-0.15, -0.1) is 0 Å². The van der Waals surface area contributed by atoms with Gasteiger partial charge < -0.3 is 9.67 Å². The van der Waals surface area contributed by atoms with Gasteiger partial charge in [0.15, 0.2) is 0 Å². The van der Waals surface area contributed by atoms with E-state index < -0.39 is 5.97 Å². The minimum absolute atomic E-state index is 0.0592. The lowest BCUT2D eigenvalue weighted by Crippen LogP contribution is -2.00. The molecule has 1 aromatic heterocycles. The molecule has 1 heterocycles. The van der Waals surface area contributed by atoms with Crippen LogP contribution in [-0.2, 0) is 4.79 Å². The molecule has 0 unspecified atom stereocenters. The minimum Gasteiger partial charge on any atom is -0.481 e. The van der Waals surface area contributed by atoms with Crippen molar-refractivity contribution in [2.24, 2.45) is 0 Å². The second kappa shape index (κ2) is 3.01. The average Bonchev–Trinajstić information content (AvgIpc) is 2.35. The monoisotopic (exact) mass is 152 g/mol. The summed E-state index contributed by atoms with van der Waals surface area (Å²) in [6.07, 6.45) is 4.69. The van der Waals surface area contributed by atoms with Gasteiger partial charge in [0.05, 0.1) is 12.7 Å². The number of imidazole rings is 1. The average molecular weight is 152 g/mol. The number of carboxylic acid groups (broad SMARTS) is 1. The fourth-order valence-electron chi connectivity index (χ4n) is 0.712. The van der Waals surface area contributed by atoms with E-state index in [-0.39, 0.29) is 6.42 Å². The minimum atomic E-state index is -0.885. The molecule has 0 aliphatic carbocycles. The van der Waals surface area contributed by atoms with Crippen molar-refractivity contribution in [3.8, 4) is 0 Å². The molecule has 58 valence electrons. The van der Waals surface area contributed by atoms with Crippen LogP contribution in [0.5, 0.6) is 0 Å². The predicted octanol–water partition coefficient (Wildman–Crippen LogP) is 0.829. The first-order valence-electron chi connectivity index (χ1n) is 3.08.